The van der Waals surface area contributed by atoms with Crippen molar-refractivity contribution >= 4 is 27.6 Å². The van der Waals surface area contributed by atoms with Crippen LogP contribution in [0.2, 0.25) is 0 Å². The van der Waals surface area contributed by atoms with E-state index in [2.05, 4.69) is 12.1 Å². The van der Waals surface area contributed by atoms with Crippen molar-refractivity contribution in [3.8, 4) is 56.5 Å². The van der Waals surface area contributed by atoms with E-state index in [-0.39, 0.29) is 5.56 Å². The predicted octanol–water partition coefficient (Wildman–Crippen LogP) is 8.92. The molecule has 7 heteroatoms. The number of hydrogen-bond donors (Lipinski definition) is 0. The zero-order valence-electron chi connectivity index (χ0n) is 26.1. The van der Waals surface area contributed by atoms with E-state index in [1.807, 2.05) is 146 Å². The number of nitrogens with zero attached hydrogens (tertiary/aromatic N) is 6. The summed E-state index contributed by atoms with van der Waals surface area (Å²) >= 11 is 0. The highest BCUT2D eigenvalue weighted by atomic mass is 16.1. The Bertz CT molecular complexity index is 2670. The molecule has 0 aliphatic carbocycles. The predicted molar refractivity (Wildman–Crippen MR) is 195 cm³/mol. The maximum Gasteiger partial charge on any atom is 0.266 e. The van der Waals surface area contributed by atoms with Crippen LogP contribution in [0.25, 0.3) is 84.1 Å². The number of hydrogen-bond acceptors (Lipinski definition) is 6. The molecular weight excluding hydrogens is 605 g/mol. The second-order valence-electron chi connectivity index (χ2n) is 11.7. The SMILES string of the molecule is O=c1c2ccccc2nc2c(-c3cccc(-c4nc(-c5ccccc5)nc(-c5ccccc5)n4)c3)nc3cc(-c4ccccc4)ccc3n12. The lowest BCUT2D eigenvalue weighted by Gasteiger charge is -2.14. The van der Waals surface area contributed by atoms with Crippen LogP contribution in [-0.2, 0) is 0 Å². The van der Waals surface area contributed by atoms with Crippen LogP contribution >= 0.6 is 0 Å². The highest BCUT2D eigenvalue weighted by Crippen LogP contribution is 2.32. The van der Waals surface area contributed by atoms with Crippen LogP contribution in [-0.4, -0.2) is 29.3 Å². The first-order valence-electron chi connectivity index (χ1n) is 16.0. The van der Waals surface area contributed by atoms with Gasteiger partial charge in [0, 0.05) is 22.3 Å². The molecule has 0 atom stereocenters. The standard InChI is InChI=1S/C42H26N6O/c49-42-33-21-10-11-22-34(33)44-41-37(43-35-26-30(23-24-36(35)48(41)42)27-13-4-1-5-14-27)31-19-12-20-32(25-31)40-46-38(28-15-6-2-7-16-28)45-39(47-40)29-17-8-3-9-18-29/h1-26H. The van der Waals surface area contributed by atoms with E-state index in [0.717, 1.165) is 33.4 Å². The summed E-state index contributed by atoms with van der Waals surface area (Å²) in [5, 5.41) is 0.548. The Morgan fingerprint density at radius 1 is 0.388 bits per heavy atom. The maximum atomic E-state index is 14.1. The van der Waals surface area contributed by atoms with E-state index in [1.54, 1.807) is 4.40 Å². The van der Waals surface area contributed by atoms with Crippen molar-refractivity contribution in [3.05, 3.63) is 168 Å². The van der Waals surface area contributed by atoms with Gasteiger partial charge in [-0.1, -0.05) is 127 Å². The summed E-state index contributed by atoms with van der Waals surface area (Å²) in [7, 11) is 0. The first kappa shape index (κ1) is 28.4. The molecule has 49 heavy (non-hydrogen) atoms. The van der Waals surface area contributed by atoms with Crippen molar-refractivity contribution in [2.75, 3.05) is 0 Å². The number of rotatable bonds is 5. The van der Waals surface area contributed by atoms with E-state index < -0.39 is 0 Å². The first-order chi connectivity index (χ1) is 24.2. The van der Waals surface area contributed by atoms with Gasteiger partial charge in [0.1, 0.15) is 5.69 Å². The van der Waals surface area contributed by atoms with Gasteiger partial charge in [-0.3, -0.25) is 9.20 Å². The molecule has 0 saturated heterocycles. The van der Waals surface area contributed by atoms with Crippen LogP contribution in [0.4, 0.5) is 0 Å². The number of benzene rings is 6. The molecule has 0 fully saturated rings. The molecule has 0 N–H and O–H groups in total. The van der Waals surface area contributed by atoms with E-state index in [1.165, 1.54) is 0 Å². The minimum atomic E-state index is -0.143. The molecule has 0 aliphatic rings. The Morgan fingerprint density at radius 3 is 1.61 bits per heavy atom. The maximum absolute atomic E-state index is 14.1. The summed E-state index contributed by atoms with van der Waals surface area (Å²) < 4.78 is 1.69. The Hall–Kier alpha value is -6.86. The first-order valence-corrected chi connectivity index (χ1v) is 16.0. The summed E-state index contributed by atoms with van der Waals surface area (Å²) in [5.74, 6) is 1.69. The van der Waals surface area contributed by atoms with Gasteiger partial charge in [0.25, 0.3) is 5.56 Å². The normalized spacial score (nSPS) is 11.3. The van der Waals surface area contributed by atoms with Gasteiger partial charge in [-0.05, 0) is 41.5 Å². The van der Waals surface area contributed by atoms with E-state index >= 15 is 0 Å². The zero-order chi connectivity index (χ0) is 32.7. The Labute approximate surface area is 280 Å². The lowest BCUT2D eigenvalue weighted by Crippen LogP contribution is -2.17. The molecule has 7 nitrogen and oxygen atoms in total. The van der Waals surface area contributed by atoms with Gasteiger partial charge in [-0.15, -0.1) is 0 Å². The fraction of sp³-hybridized carbons (Fsp3) is 0. The van der Waals surface area contributed by atoms with Gasteiger partial charge in [0.2, 0.25) is 0 Å². The lowest BCUT2D eigenvalue weighted by molar-refractivity contribution is 1.07. The molecule has 0 aliphatic heterocycles. The second-order valence-corrected chi connectivity index (χ2v) is 11.7. The number of para-hydroxylation sites is 1. The average Bonchev–Trinajstić information content (AvgIpc) is 3.18. The van der Waals surface area contributed by atoms with Crippen molar-refractivity contribution < 1.29 is 0 Å². The molecule has 9 rings (SSSR count). The minimum absolute atomic E-state index is 0.143. The molecule has 3 aromatic heterocycles. The Kier molecular flexibility index (Phi) is 6.80. The van der Waals surface area contributed by atoms with Crippen LogP contribution < -0.4 is 5.56 Å². The highest BCUT2D eigenvalue weighted by Gasteiger charge is 2.18. The number of aromatic nitrogens is 6. The van der Waals surface area contributed by atoms with Crippen LogP contribution in [0.15, 0.2) is 163 Å². The Morgan fingerprint density at radius 2 is 0.939 bits per heavy atom. The molecule has 9 aromatic rings. The molecule has 0 unspecified atom stereocenters. The van der Waals surface area contributed by atoms with Crippen LogP contribution in [0.5, 0.6) is 0 Å². The van der Waals surface area contributed by atoms with Crippen LogP contribution in [0.3, 0.4) is 0 Å². The smallest absolute Gasteiger partial charge is 0.266 e. The third-order valence-corrected chi connectivity index (χ3v) is 8.64. The summed E-state index contributed by atoms with van der Waals surface area (Å²) in [6.07, 6.45) is 0. The summed E-state index contributed by atoms with van der Waals surface area (Å²) in [4.78, 5) is 39.1. The minimum Gasteiger partial charge on any atom is -0.268 e. The van der Waals surface area contributed by atoms with Crippen LogP contribution in [0, 0.1) is 0 Å². The second kappa shape index (κ2) is 11.7. The summed E-state index contributed by atoms with van der Waals surface area (Å²) in [5.41, 5.74) is 8.35. The van der Waals surface area contributed by atoms with Gasteiger partial charge in [0.05, 0.1) is 21.9 Å². The monoisotopic (exact) mass is 630 g/mol. The third kappa shape index (κ3) is 5.10. The Balaban J connectivity index is 1.28. The lowest BCUT2D eigenvalue weighted by atomic mass is 10.0. The summed E-state index contributed by atoms with van der Waals surface area (Å²) in [6, 6.07) is 51.3. The largest absolute Gasteiger partial charge is 0.268 e. The topological polar surface area (TPSA) is 85.9 Å². The molecule has 0 spiro atoms. The molecule has 0 radical (unpaired) electrons. The van der Waals surface area contributed by atoms with Crippen molar-refractivity contribution in [1.82, 2.24) is 29.3 Å². The number of fused-ring (bicyclic) bond motifs is 4. The average molecular weight is 631 g/mol. The van der Waals surface area contributed by atoms with Gasteiger partial charge < -0.3 is 0 Å². The fourth-order valence-corrected chi connectivity index (χ4v) is 6.23. The van der Waals surface area contributed by atoms with Gasteiger partial charge in [-0.25, -0.2) is 24.9 Å². The molecular formula is C42H26N6O. The highest BCUT2D eigenvalue weighted by molar-refractivity contribution is 5.92. The van der Waals surface area contributed by atoms with Gasteiger partial charge >= 0.3 is 0 Å². The van der Waals surface area contributed by atoms with E-state index in [0.29, 0.717) is 50.8 Å². The van der Waals surface area contributed by atoms with Crippen molar-refractivity contribution in [2.45, 2.75) is 0 Å². The van der Waals surface area contributed by atoms with E-state index in [4.69, 9.17) is 24.9 Å². The van der Waals surface area contributed by atoms with Crippen LogP contribution in [0.1, 0.15) is 0 Å². The molecule has 230 valence electrons. The molecule has 3 heterocycles. The molecule has 0 bridgehead atoms. The summed E-state index contributed by atoms with van der Waals surface area (Å²) in [6.45, 7) is 0. The van der Waals surface area contributed by atoms with Crippen molar-refractivity contribution in [3.63, 3.8) is 0 Å². The van der Waals surface area contributed by atoms with Crippen molar-refractivity contribution in [1.29, 1.82) is 0 Å². The molecule has 0 saturated carbocycles. The molecule has 6 aromatic carbocycles. The molecule has 0 amide bonds. The third-order valence-electron chi connectivity index (χ3n) is 8.64. The van der Waals surface area contributed by atoms with E-state index in [9.17, 15) is 4.79 Å². The zero-order valence-corrected chi connectivity index (χ0v) is 26.1. The van der Waals surface area contributed by atoms with Crippen molar-refractivity contribution in [2.24, 2.45) is 0 Å². The quantitative estimate of drug-likeness (QED) is 0.139. The van der Waals surface area contributed by atoms with Gasteiger partial charge in [0.15, 0.2) is 23.1 Å². The van der Waals surface area contributed by atoms with Gasteiger partial charge in [-0.2, -0.15) is 0 Å². The fourth-order valence-electron chi connectivity index (χ4n) is 6.23.